The zero-order valence-electron chi connectivity index (χ0n) is 13.2. The minimum atomic E-state index is 0. The Bertz CT molecular complexity index is 472. The van der Waals surface area contributed by atoms with Gasteiger partial charge in [0.1, 0.15) is 11.5 Å². The zero-order valence-corrected chi connectivity index (χ0v) is 14.0. The van der Waals surface area contributed by atoms with Crippen molar-refractivity contribution in [2.75, 3.05) is 27.3 Å². The van der Waals surface area contributed by atoms with Gasteiger partial charge in [-0.1, -0.05) is 0 Å². The van der Waals surface area contributed by atoms with E-state index < -0.39 is 0 Å². The quantitative estimate of drug-likeness (QED) is 0.901. The van der Waals surface area contributed by atoms with Gasteiger partial charge in [0, 0.05) is 24.2 Å². The number of piperidine rings is 1. The second kappa shape index (κ2) is 8.86. The number of halogens is 1. The van der Waals surface area contributed by atoms with Gasteiger partial charge in [-0.05, 0) is 44.4 Å². The summed E-state index contributed by atoms with van der Waals surface area (Å²) in [6.07, 6.45) is 4.10. The summed E-state index contributed by atoms with van der Waals surface area (Å²) in [5, 5.41) is 0. The fourth-order valence-corrected chi connectivity index (χ4v) is 2.86. The first kappa shape index (κ1) is 18.6. The molecule has 1 aromatic rings. The summed E-state index contributed by atoms with van der Waals surface area (Å²) in [6, 6.07) is 5.54. The lowest BCUT2D eigenvalue weighted by atomic mass is 9.98. The normalized spacial score (nSPS) is 17.6. The number of nitrogens with zero attached hydrogens (tertiary/aromatic N) is 1. The summed E-state index contributed by atoms with van der Waals surface area (Å²) >= 11 is 0. The molecule has 124 valence electrons. The molecular weight excluding hydrogens is 304 g/mol. The summed E-state index contributed by atoms with van der Waals surface area (Å²) in [5.74, 6) is 1.29. The number of benzene rings is 1. The summed E-state index contributed by atoms with van der Waals surface area (Å²) in [5.41, 5.74) is 6.28. The van der Waals surface area contributed by atoms with Gasteiger partial charge in [-0.2, -0.15) is 0 Å². The molecule has 2 N–H and O–H groups in total. The molecule has 0 aliphatic carbocycles. The van der Waals surface area contributed by atoms with Crippen molar-refractivity contribution in [1.82, 2.24) is 4.90 Å². The summed E-state index contributed by atoms with van der Waals surface area (Å²) in [4.78, 5) is 14.7. The SMILES string of the molecule is COc1cc(OC)cc(C(=O)N2CCCCC2CCN)c1.Cl. The molecule has 1 fully saturated rings. The van der Waals surface area contributed by atoms with Gasteiger partial charge in [-0.15, -0.1) is 12.4 Å². The molecule has 1 amide bonds. The maximum Gasteiger partial charge on any atom is 0.254 e. The van der Waals surface area contributed by atoms with E-state index >= 15 is 0 Å². The average molecular weight is 329 g/mol. The fraction of sp³-hybridized carbons (Fsp3) is 0.562. The van der Waals surface area contributed by atoms with E-state index in [1.165, 1.54) is 0 Å². The predicted molar refractivity (Wildman–Crippen MR) is 89.1 cm³/mol. The van der Waals surface area contributed by atoms with Gasteiger partial charge < -0.3 is 20.1 Å². The maximum atomic E-state index is 12.8. The van der Waals surface area contributed by atoms with Gasteiger partial charge >= 0.3 is 0 Å². The molecule has 1 aliphatic heterocycles. The Morgan fingerprint density at radius 3 is 2.41 bits per heavy atom. The molecule has 1 atom stereocenters. The molecule has 1 heterocycles. The van der Waals surface area contributed by atoms with Crippen molar-refractivity contribution >= 4 is 18.3 Å². The van der Waals surface area contributed by atoms with Crippen LogP contribution < -0.4 is 15.2 Å². The van der Waals surface area contributed by atoms with E-state index in [-0.39, 0.29) is 24.4 Å². The lowest BCUT2D eigenvalue weighted by molar-refractivity contribution is 0.0604. The van der Waals surface area contributed by atoms with E-state index in [0.29, 0.717) is 23.6 Å². The molecule has 2 rings (SSSR count). The number of carbonyl (C=O) groups excluding carboxylic acids is 1. The summed E-state index contributed by atoms with van der Waals surface area (Å²) in [6.45, 7) is 1.40. The Balaban J connectivity index is 0.00000242. The lowest BCUT2D eigenvalue weighted by Gasteiger charge is -2.35. The molecule has 0 saturated carbocycles. The first-order valence-corrected chi connectivity index (χ1v) is 7.43. The van der Waals surface area contributed by atoms with Crippen molar-refractivity contribution < 1.29 is 14.3 Å². The number of amides is 1. The third kappa shape index (κ3) is 4.27. The average Bonchev–Trinajstić information content (AvgIpc) is 2.54. The molecular formula is C16H25ClN2O3. The van der Waals surface area contributed by atoms with Crippen LogP contribution in [0.4, 0.5) is 0 Å². The number of likely N-dealkylation sites (tertiary alicyclic amines) is 1. The number of rotatable bonds is 5. The number of hydrogen-bond donors (Lipinski definition) is 1. The largest absolute Gasteiger partial charge is 0.497 e. The number of methoxy groups -OCH3 is 2. The van der Waals surface area contributed by atoms with Crippen molar-refractivity contribution in [2.45, 2.75) is 31.7 Å². The van der Waals surface area contributed by atoms with Crippen molar-refractivity contribution in [3.8, 4) is 11.5 Å². The van der Waals surface area contributed by atoms with E-state index in [1.54, 1.807) is 32.4 Å². The third-order valence-corrected chi connectivity index (χ3v) is 3.99. The van der Waals surface area contributed by atoms with E-state index in [2.05, 4.69) is 0 Å². The Hall–Kier alpha value is -1.46. The van der Waals surface area contributed by atoms with Crippen LogP contribution in [-0.4, -0.2) is 44.2 Å². The van der Waals surface area contributed by atoms with Gasteiger partial charge in [0.2, 0.25) is 0 Å². The molecule has 0 radical (unpaired) electrons. The highest BCUT2D eigenvalue weighted by molar-refractivity contribution is 5.95. The molecule has 6 heteroatoms. The second-order valence-electron chi connectivity index (χ2n) is 5.33. The van der Waals surface area contributed by atoms with Gasteiger partial charge in [-0.25, -0.2) is 0 Å². The van der Waals surface area contributed by atoms with Crippen LogP contribution in [0.1, 0.15) is 36.0 Å². The summed E-state index contributed by atoms with van der Waals surface area (Å²) in [7, 11) is 3.17. The van der Waals surface area contributed by atoms with Crippen LogP contribution in [0.3, 0.4) is 0 Å². The monoisotopic (exact) mass is 328 g/mol. The van der Waals surface area contributed by atoms with E-state index in [0.717, 1.165) is 32.2 Å². The summed E-state index contributed by atoms with van der Waals surface area (Å²) < 4.78 is 10.5. The first-order valence-electron chi connectivity index (χ1n) is 7.43. The maximum absolute atomic E-state index is 12.8. The predicted octanol–water partition coefficient (Wildman–Crippen LogP) is 2.47. The fourth-order valence-electron chi connectivity index (χ4n) is 2.86. The zero-order chi connectivity index (χ0) is 15.2. The third-order valence-electron chi connectivity index (χ3n) is 3.99. The van der Waals surface area contributed by atoms with Crippen molar-refractivity contribution in [2.24, 2.45) is 5.73 Å². The molecule has 0 bridgehead atoms. The topological polar surface area (TPSA) is 64.8 Å². The van der Waals surface area contributed by atoms with Crippen LogP contribution in [0.5, 0.6) is 11.5 Å². The molecule has 22 heavy (non-hydrogen) atoms. The number of ether oxygens (including phenoxy) is 2. The molecule has 1 saturated heterocycles. The van der Waals surface area contributed by atoms with Crippen molar-refractivity contribution in [3.05, 3.63) is 23.8 Å². The molecule has 1 aromatic carbocycles. The van der Waals surface area contributed by atoms with Gasteiger partial charge in [0.15, 0.2) is 0 Å². The minimum absolute atomic E-state index is 0. The van der Waals surface area contributed by atoms with Crippen LogP contribution in [0, 0.1) is 0 Å². The number of hydrogen-bond acceptors (Lipinski definition) is 4. The Labute approximate surface area is 138 Å². The number of carbonyl (C=O) groups is 1. The van der Waals surface area contributed by atoms with E-state index in [9.17, 15) is 4.79 Å². The Morgan fingerprint density at radius 2 is 1.86 bits per heavy atom. The van der Waals surface area contributed by atoms with Crippen LogP contribution >= 0.6 is 12.4 Å². The molecule has 0 spiro atoms. The highest BCUT2D eigenvalue weighted by atomic mass is 35.5. The van der Waals surface area contributed by atoms with Gasteiger partial charge in [0.05, 0.1) is 14.2 Å². The second-order valence-corrected chi connectivity index (χ2v) is 5.33. The lowest BCUT2D eigenvalue weighted by Crippen LogP contribution is -2.44. The van der Waals surface area contributed by atoms with Crippen LogP contribution in [0.25, 0.3) is 0 Å². The highest BCUT2D eigenvalue weighted by Gasteiger charge is 2.27. The first-order chi connectivity index (χ1) is 10.2. The highest BCUT2D eigenvalue weighted by Crippen LogP contribution is 2.26. The Kier molecular flexibility index (Phi) is 7.48. The van der Waals surface area contributed by atoms with Crippen molar-refractivity contribution in [3.63, 3.8) is 0 Å². The van der Waals surface area contributed by atoms with Crippen LogP contribution in [-0.2, 0) is 0 Å². The molecule has 5 nitrogen and oxygen atoms in total. The van der Waals surface area contributed by atoms with Gasteiger partial charge in [0.25, 0.3) is 5.91 Å². The van der Waals surface area contributed by atoms with Crippen molar-refractivity contribution in [1.29, 1.82) is 0 Å². The molecule has 1 aliphatic rings. The smallest absolute Gasteiger partial charge is 0.254 e. The molecule has 1 unspecified atom stereocenters. The number of nitrogens with two attached hydrogens (primary N) is 1. The standard InChI is InChI=1S/C16H24N2O3.ClH/c1-20-14-9-12(10-15(11-14)21-2)16(19)18-8-4-3-5-13(18)6-7-17;/h9-11,13H,3-8,17H2,1-2H3;1H. The minimum Gasteiger partial charge on any atom is -0.497 e. The van der Waals surface area contributed by atoms with Crippen LogP contribution in [0.15, 0.2) is 18.2 Å². The van der Waals surface area contributed by atoms with Gasteiger partial charge in [-0.3, -0.25) is 4.79 Å². The molecule has 0 aromatic heterocycles. The van der Waals surface area contributed by atoms with Crippen LogP contribution in [0.2, 0.25) is 0 Å². The Morgan fingerprint density at radius 1 is 1.23 bits per heavy atom. The van der Waals surface area contributed by atoms with E-state index in [4.69, 9.17) is 15.2 Å². The van der Waals surface area contributed by atoms with E-state index in [1.807, 2.05) is 4.90 Å².